The summed E-state index contributed by atoms with van der Waals surface area (Å²) in [4.78, 5) is 38.0. The topological polar surface area (TPSA) is 112 Å². The lowest BCUT2D eigenvalue weighted by molar-refractivity contribution is -0.124. The molecule has 9 nitrogen and oxygen atoms in total. The van der Waals surface area contributed by atoms with Crippen molar-refractivity contribution in [3.05, 3.63) is 47.5 Å². The summed E-state index contributed by atoms with van der Waals surface area (Å²) < 4.78 is 21.1. The average Bonchev–Trinajstić information content (AvgIpc) is 2.90. The van der Waals surface area contributed by atoms with Crippen LogP contribution in [0.5, 0.6) is 17.2 Å². The Morgan fingerprint density at radius 2 is 1.54 bits per heavy atom. The van der Waals surface area contributed by atoms with E-state index in [0.717, 1.165) is 37.7 Å². The molecule has 1 saturated carbocycles. The van der Waals surface area contributed by atoms with Crippen LogP contribution < -0.4 is 24.8 Å². The molecule has 0 spiro atoms. The van der Waals surface area contributed by atoms with Crippen molar-refractivity contribution in [2.75, 3.05) is 33.3 Å². The first-order valence-electron chi connectivity index (χ1n) is 11.6. The van der Waals surface area contributed by atoms with Crippen molar-refractivity contribution < 1.29 is 33.3 Å². The van der Waals surface area contributed by atoms with Crippen molar-refractivity contribution in [3.8, 4) is 17.2 Å². The van der Waals surface area contributed by atoms with Gasteiger partial charge in [0.15, 0.2) is 18.1 Å². The highest BCUT2D eigenvalue weighted by Gasteiger charge is 2.25. The van der Waals surface area contributed by atoms with Gasteiger partial charge >= 0.3 is 5.97 Å². The van der Waals surface area contributed by atoms with Crippen molar-refractivity contribution in [2.24, 2.45) is 5.92 Å². The van der Waals surface area contributed by atoms with Crippen LogP contribution in [-0.2, 0) is 20.9 Å². The van der Waals surface area contributed by atoms with E-state index in [1.54, 1.807) is 13.2 Å². The van der Waals surface area contributed by atoms with Crippen LogP contribution in [0.15, 0.2) is 36.4 Å². The van der Waals surface area contributed by atoms with E-state index in [4.69, 9.17) is 18.9 Å². The molecule has 0 aliphatic heterocycles. The SMILES string of the molecule is COc1ccccc1CNC(=O)COC(=O)c1cc(OC)c(OC)cc1NC(=O)C1CCCCC1. The Bertz CT molecular complexity index is 1050. The van der Waals surface area contributed by atoms with Crippen LogP contribution in [0, 0.1) is 5.92 Å². The highest BCUT2D eigenvalue weighted by molar-refractivity contribution is 6.03. The van der Waals surface area contributed by atoms with E-state index in [2.05, 4.69) is 10.6 Å². The summed E-state index contributed by atoms with van der Waals surface area (Å²) >= 11 is 0. The molecule has 0 radical (unpaired) electrons. The summed E-state index contributed by atoms with van der Waals surface area (Å²) in [6, 6.07) is 10.3. The standard InChI is InChI=1S/C26H32N2O7/c1-32-21-12-8-7-11-18(21)15-27-24(29)16-35-26(31)19-13-22(33-2)23(34-3)14-20(19)28-25(30)17-9-5-4-6-10-17/h7-8,11-14,17H,4-6,9-10,15-16H2,1-3H3,(H,27,29)(H,28,30). The number of nitrogens with one attached hydrogen (secondary N) is 2. The first-order valence-corrected chi connectivity index (χ1v) is 11.6. The number of methoxy groups -OCH3 is 3. The highest BCUT2D eigenvalue weighted by Crippen LogP contribution is 2.35. The Balaban J connectivity index is 1.68. The molecule has 3 rings (SSSR count). The lowest BCUT2D eigenvalue weighted by Gasteiger charge is -2.22. The maximum Gasteiger partial charge on any atom is 0.340 e. The first kappa shape index (κ1) is 25.9. The number of carbonyl (C=O) groups excluding carboxylic acids is 3. The zero-order valence-corrected chi connectivity index (χ0v) is 20.3. The molecule has 1 aliphatic rings. The van der Waals surface area contributed by atoms with E-state index in [0.29, 0.717) is 17.2 Å². The molecule has 35 heavy (non-hydrogen) atoms. The van der Waals surface area contributed by atoms with E-state index in [1.165, 1.54) is 26.4 Å². The van der Waals surface area contributed by atoms with Crippen LogP contribution in [0.1, 0.15) is 48.0 Å². The van der Waals surface area contributed by atoms with Crippen molar-refractivity contribution in [2.45, 2.75) is 38.6 Å². The van der Waals surface area contributed by atoms with Gasteiger partial charge in [0.05, 0.1) is 32.6 Å². The number of rotatable bonds is 10. The van der Waals surface area contributed by atoms with Gasteiger partial charge in [-0.3, -0.25) is 9.59 Å². The smallest absolute Gasteiger partial charge is 0.340 e. The Kier molecular flexibility index (Phi) is 9.34. The maximum absolute atomic E-state index is 12.9. The monoisotopic (exact) mass is 484 g/mol. The fourth-order valence-electron chi connectivity index (χ4n) is 4.05. The van der Waals surface area contributed by atoms with Crippen LogP contribution in [0.25, 0.3) is 0 Å². The van der Waals surface area contributed by atoms with Crippen LogP contribution in [0.3, 0.4) is 0 Å². The van der Waals surface area contributed by atoms with Gasteiger partial charge in [-0.1, -0.05) is 37.5 Å². The van der Waals surface area contributed by atoms with E-state index in [-0.39, 0.29) is 29.6 Å². The average molecular weight is 485 g/mol. The minimum atomic E-state index is -0.766. The molecule has 0 unspecified atom stereocenters. The Labute approximate surface area is 205 Å². The van der Waals surface area contributed by atoms with Crippen LogP contribution in [0.4, 0.5) is 5.69 Å². The number of anilines is 1. The quantitative estimate of drug-likeness (QED) is 0.495. The van der Waals surface area contributed by atoms with Gasteiger partial charge in [-0.05, 0) is 18.9 Å². The predicted molar refractivity (Wildman–Crippen MR) is 130 cm³/mol. The van der Waals surface area contributed by atoms with Crippen molar-refractivity contribution in [1.29, 1.82) is 0 Å². The summed E-state index contributed by atoms with van der Waals surface area (Å²) in [5.41, 5.74) is 1.12. The molecule has 0 heterocycles. The molecule has 2 aromatic rings. The van der Waals surface area contributed by atoms with E-state index in [9.17, 15) is 14.4 Å². The third-order valence-corrected chi connectivity index (χ3v) is 5.98. The number of benzene rings is 2. The van der Waals surface area contributed by atoms with Gasteiger partial charge in [0.25, 0.3) is 5.91 Å². The van der Waals surface area contributed by atoms with Crippen molar-refractivity contribution in [1.82, 2.24) is 5.32 Å². The predicted octanol–water partition coefficient (Wildman–Crippen LogP) is 3.70. The lowest BCUT2D eigenvalue weighted by atomic mass is 9.88. The van der Waals surface area contributed by atoms with E-state index < -0.39 is 18.5 Å². The largest absolute Gasteiger partial charge is 0.496 e. The molecule has 0 aromatic heterocycles. The summed E-state index contributed by atoms with van der Waals surface area (Å²) in [5, 5.41) is 5.54. The van der Waals surface area contributed by atoms with Gasteiger partial charge in [-0.2, -0.15) is 0 Å². The molecular formula is C26H32N2O7. The fourth-order valence-corrected chi connectivity index (χ4v) is 4.05. The number of amides is 2. The molecule has 1 aliphatic carbocycles. The first-order chi connectivity index (χ1) is 17.0. The Morgan fingerprint density at radius 3 is 2.23 bits per heavy atom. The second-order valence-electron chi connectivity index (χ2n) is 8.24. The number of esters is 1. The molecule has 188 valence electrons. The molecule has 0 saturated heterocycles. The number of para-hydroxylation sites is 1. The minimum Gasteiger partial charge on any atom is -0.496 e. The van der Waals surface area contributed by atoms with Crippen molar-refractivity contribution in [3.63, 3.8) is 0 Å². The molecule has 2 amide bonds. The molecule has 1 fully saturated rings. The van der Waals surface area contributed by atoms with Gasteiger partial charge in [0.1, 0.15) is 5.75 Å². The molecule has 9 heteroatoms. The molecule has 0 bridgehead atoms. The Hall–Kier alpha value is -3.75. The molecule has 2 N–H and O–H groups in total. The highest BCUT2D eigenvalue weighted by atomic mass is 16.5. The zero-order chi connectivity index (χ0) is 25.2. The summed E-state index contributed by atoms with van der Waals surface area (Å²) in [5.74, 6) is -0.196. The molecule has 2 aromatic carbocycles. The van der Waals surface area contributed by atoms with Crippen LogP contribution >= 0.6 is 0 Å². The third-order valence-electron chi connectivity index (χ3n) is 5.98. The van der Waals surface area contributed by atoms with E-state index in [1.807, 2.05) is 18.2 Å². The normalized spacial score (nSPS) is 13.5. The number of carbonyl (C=O) groups is 3. The third kappa shape index (κ3) is 6.88. The summed E-state index contributed by atoms with van der Waals surface area (Å²) in [7, 11) is 4.46. The minimum absolute atomic E-state index is 0.0735. The second-order valence-corrected chi connectivity index (χ2v) is 8.24. The van der Waals surface area contributed by atoms with Crippen LogP contribution in [0.2, 0.25) is 0 Å². The summed E-state index contributed by atoms with van der Waals surface area (Å²) in [6.07, 6.45) is 4.75. The number of hydrogen-bond donors (Lipinski definition) is 2. The maximum atomic E-state index is 12.9. The number of ether oxygens (including phenoxy) is 4. The van der Waals surface area contributed by atoms with Crippen LogP contribution in [-0.4, -0.2) is 45.7 Å². The number of hydrogen-bond acceptors (Lipinski definition) is 7. The zero-order valence-electron chi connectivity index (χ0n) is 20.3. The van der Waals surface area contributed by atoms with Gasteiger partial charge in [-0.15, -0.1) is 0 Å². The van der Waals surface area contributed by atoms with Gasteiger partial charge in [0, 0.05) is 30.2 Å². The fraction of sp³-hybridized carbons (Fsp3) is 0.423. The van der Waals surface area contributed by atoms with Gasteiger partial charge in [0.2, 0.25) is 5.91 Å². The lowest BCUT2D eigenvalue weighted by Crippen LogP contribution is -2.29. The molecule has 0 atom stereocenters. The summed E-state index contributed by atoms with van der Waals surface area (Å²) in [6.45, 7) is -0.266. The second kappa shape index (κ2) is 12.6. The molecular weight excluding hydrogens is 452 g/mol. The van der Waals surface area contributed by atoms with Gasteiger partial charge in [-0.25, -0.2) is 4.79 Å². The van der Waals surface area contributed by atoms with E-state index >= 15 is 0 Å². The van der Waals surface area contributed by atoms with Gasteiger partial charge < -0.3 is 29.6 Å². The van der Waals surface area contributed by atoms with Crippen molar-refractivity contribution >= 4 is 23.5 Å². The Morgan fingerprint density at radius 1 is 0.886 bits per heavy atom.